The molecule has 0 saturated heterocycles. The third-order valence-electron chi connectivity index (χ3n) is 4.23. The number of esters is 1. The largest absolute Gasteiger partial charge is 0.465 e. The standard InChI is InChI=1S/C24H20N2O5S/c1-17(27)25-21-11-13-23(14-12-21)32(29,30)26-22-8-4-6-19(16-22)10-9-18-5-3-7-20(15-18)24(28)31-2/h3-8,11-16,26H,1-2H3,(H,25,27). The summed E-state index contributed by atoms with van der Waals surface area (Å²) in [5.41, 5.74) is 2.47. The molecule has 3 aromatic rings. The maximum Gasteiger partial charge on any atom is 0.337 e. The first-order valence-electron chi connectivity index (χ1n) is 9.48. The molecule has 0 saturated carbocycles. The minimum atomic E-state index is -3.82. The van der Waals surface area contributed by atoms with E-state index in [0.29, 0.717) is 28.1 Å². The van der Waals surface area contributed by atoms with Gasteiger partial charge in [0.15, 0.2) is 0 Å². The van der Waals surface area contributed by atoms with Gasteiger partial charge < -0.3 is 10.1 Å². The highest BCUT2D eigenvalue weighted by Crippen LogP contribution is 2.19. The molecule has 7 nitrogen and oxygen atoms in total. The molecule has 3 aromatic carbocycles. The number of benzene rings is 3. The van der Waals surface area contributed by atoms with Crippen LogP contribution in [0.25, 0.3) is 0 Å². The predicted octanol–water partition coefficient (Wildman–Crippen LogP) is 3.63. The van der Waals surface area contributed by atoms with Crippen LogP contribution in [0.1, 0.15) is 28.4 Å². The van der Waals surface area contributed by atoms with Gasteiger partial charge in [0.05, 0.1) is 23.3 Å². The van der Waals surface area contributed by atoms with E-state index in [-0.39, 0.29) is 10.8 Å². The Morgan fingerprint density at radius 3 is 2.09 bits per heavy atom. The number of carbonyl (C=O) groups excluding carboxylic acids is 2. The van der Waals surface area contributed by atoms with Crippen LogP contribution in [0.3, 0.4) is 0 Å². The van der Waals surface area contributed by atoms with Crippen molar-refractivity contribution < 1.29 is 22.7 Å². The molecule has 1 amide bonds. The first kappa shape index (κ1) is 22.6. The Labute approximate surface area is 186 Å². The third-order valence-corrected chi connectivity index (χ3v) is 5.63. The van der Waals surface area contributed by atoms with Crippen LogP contribution in [0.2, 0.25) is 0 Å². The summed E-state index contributed by atoms with van der Waals surface area (Å²) in [5, 5.41) is 2.59. The minimum Gasteiger partial charge on any atom is -0.465 e. The van der Waals surface area contributed by atoms with Gasteiger partial charge in [0, 0.05) is 23.7 Å². The van der Waals surface area contributed by atoms with Gasteiger partial charge in [-0.1, -0.05) is 24.0 Å². The Morgan fingerprint density at radius 2 is 1.47 bits per heavy atom. The van der Waals surface area contributed by atoms with E-state index in [0.717, 1.165) is 0 Å². The molecule has 0 atom stereocenters. The fraction of sp³-hybridized carbons (Fsp3) is 0.0833. The zero-order valence-electron chi connectivity index (χ0n) is 17.4. The average molecular weight is 449 g/mol. The molecule has 0 aliphatic heterocycles. The van der Waals surface area contributed by atoms with Crippen LogP contribution in [0, 0.1) is 11.8 Å². The fourth-order valence-corrected chi connectivity index (χ4v) is 3.83. The number of methoxy groups -OCH3 is 1. The zero-order valence-corrected chi connectivity index (χ0v) is 18.2. The van der Waals surface area contributed by atoms with Crippen molar-refractivity contribution in [3.63, 3.8) is 0 Å². The van der Waals surface area contributed by atoms with Gasteiger partial charge in [-0.25, -0.2) is 13.2 Å². The molecule has 8 heteroatoms. The van der Waals surface area contributed by atoms with Crippen molar-refractivity contribution in [3.05, 3.63) is 89.5 Å². The number of nitrogens with one attached hydrogen (secondary N) is 2. The molecule has 0 aromatic heterocycles. The number of hydrogen-bond donors (Lipinski definition) is 2. The molecular weight excluding hydrogens is 428 g/mol. The monoisotopic (exact) mass is 448 g/mol. The first-order chi connectivity index (χ1) is 15.3. The van der Waals surface area contributed by atoms with Crippen molar-refractivity contribution in [1.29, 1.82) is 0 Å². The van der Waals surface area contributed by atoms with Crippen LogP contribution in [-0.2, 0) is 19.6 Å². The fourth-order valence-electron chi connectivity index (χ4n) is 2.78. The highest BCUT2D eigenvalue weighted by Gasteiger charge is 2.14. The molecule has 3 rings (SSSR count). The Hall–Kier alpha value is -4.09. The molecular formula is C24H20N2O5S. The smallest absolute Gasteiger partial charge is 0.337 e. The van der Waals surface area contributed by atoms with Crippen molar-refractivity contribution >= 4 is 33.3 Å². The van der Waals surface area contributed by atoms with Crippen LogP contribution >= 0.6 is 0 Å². The van der Waals surface area contributed by atoms with E-state index in [1.165, 1.54) is 38.3 Å². The van der Waals surface area contributed by atoms with E-state index in [9.17, 15) is 18.0 Å². The van der Waals surface area contributed by atoms with Crippen LogP contribution < -0.4 is 10.0 Å². The molecule has 0 fully saturated rings. The third kappa shape index (κ3) is 5.97. The molecule has 32 heavy (non-hydrogen) atoms. The van der Waals surface area contributed by atoms with E-state index in [4.69, 9.17) is 4.74 Å². The summed E-state index contributed by atoms with van der Waals surface area (Å²) in [4.78, 5) is 22.8. The van der Waals surface area contributed by atoms with E-state index in [1.807, 2.05) is 0 Å². The molecule has 0 aliphatic carbocycles. The predicted molar refractivity (Wildman–Crippen MR) is 122 cm³/mol. The summed E-state index contributed by atoms with van der Waals surface area (Å²) >= 11 is 0. The first-order valence-corrected chi connectivity index (χ1v) is 11.0. The van der Waals surface area contributed by atoms with E-state index in [1.54, 1.807) is 48.5 Å². The molecule has 0 heterocycles. The number of carbonyl (C=O) groups is 2. The molecule has 0 radical (unpaired) electrons. The van der Waals surface area contributed by atoms with Gasteiger partial charge >= 0.3 is 5.97 Å². The topological polar surface area (TPSA) is 102 Å². The highest BCUT2D eigenvalue weighted by atomic mass is 32.2. The minimum absolute atomic E-state index is 0.0581. The van der Waals surface area contributed by atoms with Gasteiger partial charge in [-0.05, 0) is 60.7 Å². The summed E-state index contributed by atoms with van der Waals surface area (Å²) in [6, 6.07) is 19.2. The summed E-state index contributed by atoms with van der Waals surface area (Å²) in [5.74, 6) is 5.22. The number of hydrogen-bond acceptors (Lipinski definition) is 5. The number of anilines is 2. The average Bonchev–Trinajstić information content (AvgIpc) is 2.77. The van der Waals surface area contributed by atoms with Gasteiger partial charge in [-0.2, -0.15) is 0 Å². The lowest BCUT2D eigenvalue weighted by molar-refractivity contribution is -0.114. The number of rotatable bonds is 5. The molecule has 162 valence electrons. The van der Waals surface area contributed by atoms with Gasteiger partial charge in [0.25, 0.3) is 10.0 Å². The van der Waals surface area contributed by atoms with Gasteiger partial charge in [0.1, 0.15) is 0 Å². The van der Waals surface area contributed by atoms with Crippen molar-refractivity contribution in [2.24, 2.45) is 0 Å². The number of ether oxygens (including phenoxy) is 1. The number of sulfonamides is 1. The van der Waals surface area contributed by atoms with E-state index < -0.39 is 16.0 Å². The second-order valence-electron chi connectivity index (χ2n) is 6.71. The molecule has 0 unspecified atom stereocenters. The molecule has 2 N–H and O–H groups in total. The molecule has 0 aliphatic rings. The van der Waals surface area contributed by atoms with Crippen LogP contribution in [0.5, 0.6) is 0 Å². The van der Waals surface area contributed by atoms with Gasteiger partial charge in [-0.15, -0.1) is 0 Å². The lowest BCUT2D eigenvalue weighted by Crippen LogP contribution is -2.13. The van der Waals surface area contributed by atoms with E-state index >= 15 is 0 Å². The van der Waals surface area contributed by atoms with Crippen molar-refractivity contribution in [1.82, 2.24) is 0 Å². The molecule has 0 spiro atoms. The summed E-state index contributed by atoms with van der Waals surface area (Å²) in [6.07, 6.45) is 0. The van der Waals surface area contributed by atoms with Crippen LogP contribution in [0.4, 0.5) is 11.4 Å². The number of amides is 1. The Kier molecular flexibility index (Phi) is 6.93. The summed E-state index contributed by atoms with van der Waals surface area (Å²) in [7, 11) is -2.51. The lowest BCUT2D eigenvalue weighted by Gasteiger charge is -2.09. The van der Waals surface area contributed by atoms with Crippen LogP contribution in [0.15, 0.2) is 77.7 Å². The van der Waals surface area contributed by atoms with E-state index in [2.05, 4.69) is 21.9 Å². The van der Waals surface area contributed by atoms with Crippen molar-refractivity contribution in [3.8, 4) is 11.8 Å². The van der Waals surface area contributed by atoms with Crippen molar-refractivity contribution in [2.75, 3.05) is 17.1 Å². The maximum atomic E-state index is 12.7. The Balaban J connectivity index is 1.78. The van der Waals surface area contributed by atoms with Crippen LogP contribution in [-0.4, -0.2) is 27.4 Å². The Bertz CT molecular complexity index is 1320. The quantitative estimate of drug-likeness (QED) is 0.458. The van der Waals surface area contributed by atoms with Gasteiger partial charge in [0.2, 0.25) is 5.91 Å². The zero-order chi connectivity index (χ0) is 23.1. The second kappa shape index (κ2) is 9.81. The molecule has 0 bridgehead atoms. The summed E-state index contributed by atoms with van der Waals surface area (Å²) in [6.45, 7) is 1.37. The maximum absolute atomic E-state index is 12.7. The second-order valence-corrected chi connectivity index (χ2v) is 8.40. The summed E-state index contributed by atoms with van der Waals surface area (Å²) < 4.78 is 32.6. The normalized spacial score (nSPS) is 10.4. The Morgan fingerprint density at radius 1 is 0.844 bits per heavy atom. The van der Waals surface area contributed by atoms with Crippen molar-refractivity contribution in [2.45, 2.75) is 11.8 Å². The van der Waals surface area contributed by atoms with Gasteiger partial charge in [-0.3, -0.25) is 9.52 Å². The highest BCUT2D eigenvalue weighted by molar-refractivity contribution is 7.92. The SMILES string of the molecule is COC(=O)c1cccc(C#Cc2cccc(NS(=O)(=O)c3ccc(NC(C)=O)cc3)c2)c1. The lowest BCUT2D eigenvalue weighted by atomic mass is 10.1.